The number of aryl methyl sites for hydroxylation is 1. The molecule has 5 nitrogen and oxygen atoms in total. The second-order valence-electron chi connectivity index (χ2n) is 3.85. The smallest absolute Gasteiger partial charge is 0.319 e. The van der Waals surface area contributed by atoms with Gasteiger partial charge in [-0.2, -0.15) is 0 Å². The molecule has 0 atom stereocenters. The lowest BCUT2D eigenvalue weighted by molar-refractivity contribution is 0.252. The molecule has 1 aromatic heterocycles. The summed E-state index contributed by atoms with van der Waals surface area (Å²) in [6.07, 6.45) is 0.680. The predicted molar refractivity (Wildman–Crippen MR) is 76.8 cm³/mol. The average Bonchev–Trinajstić information content (AvgIpc) is 2.78. The van der Waals surface area contributed by atoms with Crippen molar-refractivity contribution in [2.45, 2.75) is 13.3 Å². The number of benzene rings is 1. The molecule has 19 heavy (non-hydrogen) atoms. The van der Waals surface area contributed by atoms with Crippen molar-refractivity contribution in [3.63, 3.8) is 0 Å². The van der Waals surface area contributed by atoms with Crippen LogP contribution in [0, 0.1) is 6.92 Å². The number of nitrogens with zero attached hydrogens (tertiary/aromatic N) is 2. The third-order valence-corrected chi connectivity index (χ3v) is 3.44. The summed E-state index contributed by atoms with van der Waals surface area (Å²) in [5.74, 6) is 0. The van der Waals surface area contributed by atoms with E-state index in [1.165, 1.54) is 11.3 Å². The topological polar surface area (TPSA) is 66.9 Å². The van der Waals surface area contributed by atoms with E-state index in [-0.39, 0.29) is 6.03 Å². The monoisotopic (exact) mass is 296 g/mol. The first-order valence-electron chi connectivity index (χ1n) is 5.73. The van der Waals surface area contributed by atoms with Gasteiger partial charge in [0.1, 0.15) is 10.0 Å². The Bertz CT molecular complexity index is 555. The highest BCUT2D eigenvalue weighted by molar-refractivity contribution is 7.11. The molecule has 1 heterocycles. The van der Waals surface area contributed by atoms with E-state index in [2.05, 4.69) is 20.8 Å². The molecule has 0 saturated heterocycles. The summed E-state index contributed by atoms with van der Waals surface area (Å²) in [5, 5.41) is 15.9. The Morgan fingerprint density at radius 1 is 1.32 bits per heavy atom. The number of aromatic nitrogens is 2. The maximum absolute atomic E-state index is 11.6. The van der Waals surface area contributed by atoms with Crippen molar-refractivity contribution in [2.24, 2.45) is 0 Å². The van der Waals surface area contributed by atoms with Gasteiger partial charge < -0.3 is 10.6 Å². The molecule has 0 saturated carbocycles. The van der Waals surface area contributed by atoms with Crippen LogP contribution in [0.5, 0.6) is 0 Å². The third kappa shape index (κ3) is 4.50. The van der Waals surface area contributed by atoms with Gasteiger partial charge in [0.25, 0.3) is 0 Å². The summed E-state index contributed by atoms with van der Waals surface area (Å²) >= 11 is 7.30. The zero-order valence-electron chi connectivity index (χ0n) is 10.3. The van der Waals surface area contributed by atoms with Crippen LogP contribution in [-0.4, -0.2) is 22.8 Å². The number of hydrogen-bond acceptors (Lipinski definition) is 4. The summed E-state index contributed by atoms with van der Waals surface area (Å²) in [4.78, 5) is 11.6. The molecule has 100 valence electrons. The van der Waals surface area contributed by atoms with Crippen LogP contribution in [0.4, 0.5) is 10.5 Å². The van der Waals surface area contributed by atoms with E-state index >= 15 is 0 Å². The Kier molecular flexibility index (Phi) is 4.70. The van der Waals surface area contributed by atoms with Crippen molar-refractivity contribution < 1.29 is 4.79 Å². The molecule has 2 rings (SSSR count). The zero-order valence-corrected chi connectivity index (χ0v) is 11.9. The normalized spacial score (nSPS) is 10.2. The van der Waals surface area contributed by atoms with E-state index in [0.717, 1.165) is 10.0 Å². The maximum Gasteiger partial charge on any atom is 0.319 e. The quantitative estimate of drug-likeness (QED) is 0.911. The van der Waals surface area contributed by atoms with Gasteiger partial charge >= 0.3 is 6.03 Å². The number of nitrogens with one attached hydrogen (secondary N) is 2. The standard InChI is InChI=1S/C12H13ClN4OS/c1-8-16-17-11(19-8)6-7-14-12(18)15-10-4-2-9(13)3-5-10/h2-5H,6-7H2,1H3,(H2,14,15,18). The first kappa shape index (κ1) is 13.8. The van der Waals surface area contributed by atoms with Gasteiger partial charge in [-0.15, -0.1) is 21.5 Å². The Morgan fingerprint density at radius 3 is 2.68 bits per heavy atom. The fourth-order valence-corrected chi connectivity index (χ4v) is 2.26. The lowest BCUT2D eigenvalue weighted by atomic mass is 10.3. The molecule has 0 aliphatic heterocycles. The fraction of sp³-hybridized carbons (Fsp3) is 0.250. The number of carbonyl (C=O) groups excluding carboxylic acids is 1. The van der Waals surface area contributed by atoms with E-state index in [1.54, 1.807) is 24.3 Å². The van der Waals surface area contributed by atoms with Gasteiger partial charge in [0.2, 0.25) is 0 Å². The third-order valence-electron chi connectivity index (χ3n) is 2.29. The minimum atomic E-state index is -0.247. The summed E-state index contributed by atoms with van der Waals surface area (Å²) in [6, 6.07) is 6.69. The Labute approximate surface area is 120 Å². The molecule has 0 unspecified atom stereocenters. The minimum absolute atomic E-state index is 0.247. The lowest BCUT2D eigenvalue weighted by Crippen LogP contribution is -2.30. The Morgan fingerprint density at radius 2 is 2.05 bits per heavy atom. The number of carbonyl (C=O) groups is 1. The number of amides is 2. The van der Waals surface area contributed by atoms with Crippen molar-refractivity contribution in [1.29, 1.82) is 0 Å². The van der Waals surface area contributed by atoms with Gasteiger partial charge in [-0.25, -0.2) is 4.79 Å². The van der Waals surface area contributed by atoms with Gasteiger partial charge in [-0.05, 0) is 31.2 Å². The Hall–Kier alpha value is -1.66. The molecule has 0 fully saturated rings. The molecule has 0 aliphatic carbocycles. The van der Waals surface area contributed by atoms with Gasteiger partial charge in [0.05, 0.1) is 0 Å². The Balaban J connectivity index is 1.74. The number of rotatable bonds is 4. The van der Waals surface area contributed by atoms with Crippen LogP contribution in [0.25, 0.3) is 0 Å². The summed E-state index contributed by atoms with van der Waals surface area (Å²) in [5.41, 5.74) is 0.702. The van der Waals surface area contributed by atoms with Crippen molar-refractivity contribution in [3.05, 3.63) is 39.3 Å². The van der Waals surface area contributed by atoms with Crippen molar-refractivity contribution in [2.75, 3.05) is 11.9 Å². The highest BCUT2D eigenvalue weighted by Crippen LogP contribution is 2.13. The van der Waals surface area contributed by atoms with Gasteiger partial charge in [0.15, 0.2) is 0 Å². The molecule has 2 N–H and O–H groups in total. The summed E-state index contributed by atoms with van der Waals surface area (Å²) in [7, 11) is 0. The van der Waals surface area contributed by atoms with Gasteiger partial charge in [-0.3, -0.25) is 0 Å². The lowest BCUT2D eigenvalue weighted by Gasteiger charge is -2.06. The van der Waals surface area contributed by atoms with Gasteiger partial charge in [-0.1, -0.05) is 11.6 Å². The highest BCUT2D eigenvalue weighted by atomic mass is 35.5. The fourth-order valence-electron chi connectivity index (χ4n) is 1.43. The first-order valence-corrected chi connectivity index (χ1v) is 6.92. The van der Waals surface area contributed by atoms with Crippen LogP contribution >= 0.6 is 22.9 Å². The zero-order chi connectivity index (χ0) is 13.7. The van der Waals surface area contributed by atoms with Crippen molar-refractivity contribution in [3.8, 4) is 0 Å². The van der Waals surface area contributed by atoms with Gasteiger partial charge in [0, 0.05) is 23.7 Å². The molecule has 1 aromatic carbocycles. The molecule has 2 amide bonds. The van der Waals surface area contributed by atoms with E-state index in [1.807, 2.05) is 6.92 Å². The van der Waals surface area contributed by atoms with Crippen LogP contribution < -0.4 is 10.6 Å². The van der Waals surface area contributed by atoms with Crippen LogP contribution in [-0.2, 0) is 6.42 Å². The van der Waals surface area contributed by atoms with Crippen LogP contribution in [0.1, 0.15) is 10.0 Å². The van der Waals surface area contributed by atoms with Crippen LogP contribution in [0.3, 0.4) is 0 Å². The largest absolute Gasteiger partial charge is 0.337 e. The second kappa shape index (κ2) is 6.49. The minimum Gasteiger partial charge on any atom is -0.337 e. The SMILES string of the molecule is Cc1nnc(CCNC(=O)Nc2ccc(Cl)cc2)s1. The van der Waals surface area contributed by atoms with E-state index < -0.39 is 0 Å². The van der Waals surface area contributed by atoms with Crippen LogP contribution in [0.2, 0.25) is 5.02 Å². The molecule has 0 radical (unpaired) electrons. The molecule has 7 heteroatoms. The van der Waals surface area contributed by atoms with E-state index in [0.29, 0.717) is 23.7 Å². The molecule has 2 aromatic rings. The average molecular weight is 297 g/mol. The van der Waals surface area contributed by atoms with E-state index in [4.69, 9.17) is 11.6 Å². The molecule has 0 bridgehead atoms. The summed E-state index contributed by atoms with van der Waals surface area (Å²) < 4.78 is 0. The van der Waals surface area contributed by atoms with Crippen molar-refractivity contribution in [1.82, 2.24) is 15.5 Å². The summed E-state index contributed by atoms with van der Waals surface area (Å²) in [6.45, 7) is 2.43. The van der Waals surface area contributed by atoms with Crippen LogP contribution in [0.15, 0.2) is 24.3 Å². The molecular weight excluding hydrogens is 284 g/mol. The number of halogens is 1. The molecule has 0 spiro atoms. The predicted octanol–water partition coefficient (Wildman–Crippen LogP) is 2.86. The second-order valence-corrected chi connectivity index (χ2v) is 5.56. The van der Waals surface area contributed by atoms with E-state index in [9.17, 15) is 4.79 Å². The number of anilines is 1. The molecular formula is C12H13ClN4OS. The molecule has 0 aliphatic rings. The number of hydrogen-bond donors (Lipinski definition) is 2. The first-order chi connectivity index (χ1) is 9.13. The maximum atomic E-state index is 11.6. The number of urea groups is 1. The van der Waals surface area contributed by atoms with Crippen molar-refractivity contribution >= 4 is 34.7 Å². The highest BCUT2D eigenvalue weighted by Gasteiger charge is 2.03.